The summed E-state index contributed by atoms with van der Waals surface area (Å²) in [6, 6.07) is 26.5. The number of carbonyl (C=O) groups is 5. The first kappa shape index (κ1) is 29.5. The van der Waals surface area contributed by atoms with Crippen LogP contribution in [0.4, 0.5) is 0 Å². The highest BCUT2D eigenvalue weighted by molar-refractivity contribution is 5.96. The molecule has 0 aromatic heterocycles. The van der Waals surface area contributed by atoms with E-state index in [-0.39, 0.29) is 5.57 Å². The van der Waals surface area contributed by atoms with Gasteiger partial charge in [-0.1, -0.05) is 97.6 Å². The molecule has 0 amide bonds. The molecule has 3 aromatic rings. The molecule has 9 heteroatoms. The molecule has 0 heterocycles. The third kappa shape index (κ3) is 6.68. The van der Waals surface area contributed by atoms with E-state index in [0.717, 1.165) is 6.92 Å². The zero-order valence-electron chi connectivity index (χ0n) is 22.0. The summed E-state index contributed by atoms with van der Waals surface area (Å²) in [7, 11) is 0. The van der Waals surface area contributed by atoms with E-state index in [9.17, 15) is 29.1 Å². The molecule has 0 fully saturated rings. The second-order valence-corrected chi connectivity index (χ2v) is 9.04. The van der Waals surface area contributed by atoms with Gasteiger partial charge in [-0.2, -0.15) is 0 Å². The Kier molecular flexibility index (Phi) is 9.34. The quantitative estimate of drug-likeness (QED) is 0.123. The van der Waals surface area contributed by atoms with Crippen molar-refractivity contribution in [1.82, 2.24) is 0 Å². The average molecular weight is 545 g/mol. The lowest BCUT2D eigenvalue weighted by Crippen LogP contribution is -2.49. The van der Waals surface area contributed by atoms with Crippen molar-refractivity contribution in [3.63, 3.8) is 0 Å². The zero-order chi connectivity index (χ0) is 29.3. The molecule has 3 aromatic carbocycles. The summed E-state index contributed by atoms with van der Waals surface area (Å²) in [4.78, 5) is 62.4. The molecular formula is C31H28O9. The largest absolute Gasteiger partial charge is 0.478 e. The van der Waals surface area contributed by atoms with E-state index in [4.69, 9.17) is 9.47 Å². The second-order valence-electron chi connectivity index (χ2n) is 9.04. The van der Waals surface area contributed by atoms with Crippen LogP contribution in [0.5, 0.6) is 0 Å². The molecule has 0 saturated heterocycles. The van der Waals surface area contributed by atoms with E-state index in [1.165, 1.54) is 6.92 Å². The van der Waals surface area contributed by atoms with E-state index in [1.807, 2.05) is 0 Å². The molecule has 0 bridgehead atoms. The van der Waals surface area contributed by atoms with Gasteiger partial charge >= 0.3 is 29.8 Å². The smallest absolute Gasteiger partial charge is 0.349 e. The van der Waals surface area contributed by atoms with Crippen molar-refractivity contribution in [2.75, 3.05) is 0 Å². The van der Waals surface area contributed by atoms with Crippen molar-refractivity contribution < 1.29 is 43.3 Å². The summed E-state index contributed by atoms with van der Waals surface area (Å²) < 4.78 is 15.8. The van der Waals surface area contributed by atoms with Gasteiger partial charge in [0.1, 0.15) is 0 Å². The lowest BCUT2D eigenvalue weighted by atomic mass is 9.80. The van der Waals surface area contributed by atoms with Gasteiger partial charge in [0.2, 0.25) is 5.60 Å². The third-order valence-corrected chi connectivity index (χ3v) is 5.95. The fourth-order valence-electron chi connectivity index (χ4n) is 4.16. The van der Waals surface area contributed by atoms with Gasteiger partial charge in [0.25, 0.3) is 0 Å². The van der Waals surface area contributed by atoms with Crippen LogP contribution in [-0.4, -0.2) is 40.6 Å². The molecule has 1 atom stereocenters. The zero-order valence-corrected chi connectivity index (χ0v) is 22.0. The minimum absolute atomic E-state index is 0.175. The van der Waals surface area contributed by atoms with Crippen molar-refractivity contribution in [1.29, 1.82) is 0 Å². The van der Waals surface area contributed by atoms with Crippen LogP contribution in [-0.2, 0) is 43.8 Å². The first-order valence-corrected chi connectivity index (χ1v) is 12.2. The SMILES string of the molecule is C=C(C)C(=O)OC(CC(=O)OC(C)=O)(CC(=O)OC(c1ccccc1)(c1ccccc1)c1ccccc1)C(=O)O. The Morgan fingerprint density at radius 2 is 1.07 bits per heavy atom. The first-order chi connectivity index (χ1) is 19.0. The number of aliphatic carboxylic acids is 1. The number of carboxylic acid groups (broad SMARTS) is 1. The number of benzene rings is 3. The van der Waals surface area contributed by atoms with Gasteiger partial charge in [-0.3, -0.25) is 14.4 Å². The van der Waals surface area contributed by atoms with Gasteiger partial charge < -0.3 is 19.3 Å². The summed E-state index contributed by atoms with van der Waals surface area (Å²) in [5, 5.41) is 10.1. The van der Waals surface area contributed by atoms with Crippen molar-refractivity contribution in [3.05, 3.63) is 120 Å². The number of carboxylic acids is 1. The van der Waals surface area contributed by atoms with Crippen molar-refractivity contribution >= 4 is 29.8 Å². The lowest BCUT2D eigenvalue weighted by molar-refractivity contribution is -0.188. The van der Waals surface area contributed by atoms with Gasteiger partial charge in [-0.25, -0.2) is 9.59 Å². The minimum Gasteiger partial charge on any atom is -0.478 e. The predicted octanol–water partition coefficient (Wildman–Crippen LogP) is 4.33. The van der Waals surface area contributed by atoms with Crippen LogP contribution in [0.15, 0.2) is 103 Å². The molecule has 206 valence electrons. The van der Waals surface area contributed by atoms with Crippen molar-refractivity contribution in [2.24, 2.45) is 0 Å². The Morgan fingerprint density at radius 1 is 0.675 bits per heavy atom. The molecular weight excluding hydrogens is 516 g/mol. The number of ether oxygens (including phenoxy) is 3. The van der Waals surface area contributed by atoms with Crippen LogP contribution in [0, 0.1) is 0 Å². The molecule has 1 unspecified atom stereocenters. The Balaban J connectivity index is 2.15. The summed E-state index contributed by atoms with van der Waals surface area (Å²) in [6.07, 6.45) is -2.21. The van der Waals surface area contributed by atoms with Gasteiger partial charge in [-0.05, 0) is 6.92 Å². The van der Waals surface area contributed by atoms with E-state index in [1.54, 1.807) is 91.0 Å². The summed E-state index contributed by atoms with van der Waals surface area (Å²) in [5.41, 5.74) is -2.82. The third-order valence-electron chi connectivity index (χ3n) is 5.95. The maximum atomic E-state index is 13.7. The van der Waals surface area contributed by atoms with Gasteiger partial charge in [0.15, 0.2) is 5.60 Å². The topological polar surface area (TPSA) is 133 Å². The average Bonchev–Trinajstić information content (AvgIpc) is 2.92. The first-order valence-electron chi connectivity index (χ1n) is 12.2. The molecule has 0 radical (unpaired) electrons. The molecule has 0 aliphatic rings. The highest BCUT2D eigenvalue weighted by atomic mass is 16.6. The Bertz CT molecular complexity index is 1300. The number of hydrogen-bond donors (Lipinski definition) is 1. The van der Waals surface area contributed by atoms with Crippen LogP contribution < -0.4 is 0 Å². The Morgan fingerprint density at radius 3 is 1.43 bits per heavy atom. The Hall–Kier alpha value is -5.05. The fraction of sp³-hybridized carbons (Fsp3) is 0.194. The maximum Gasteiger partial charge on any atom is 0.349 e. The molecule has 1 N–H and O–H groups in total. The van der Waals surface area contributed by atoms with Crippen LogP contribution in [0.25, 0.3) is 0 Å². The van der Waals surface area contributed by atoms with Gasteiger partial charge in [-0.15, -0.1) is 0 Å². The standard InChI is InChI=1S/C31H28O9/c1-21(2)28(35)40-30(29(36)37,19-26(33)38-22(3)32)20-27(34)39-31(23-13-7-4-8-14-23,24-15-9-5-10-16-24)25-17-11-6-12-18-25/h4-18H,1,19-20H2,2-3H3,(H,36,37). The summed E-state index contributed by atoms with van der Waals surface area (Å²) in [6.45, 7) is 5.65. The highest BCUT2D eigenvalue weighted by Gasteiger charge is 2.50. The monoisotopic (exact) mass is 544 g/mol. The summed E-state index contributed by atoms with van der Waals surface area (Å²) in [5.74, 6) is -6.40. The van der Waals surface area contributed by atoms with Gasteiger partial charge in [0.05, 0.1) is 12.8 Å². The van der Waals surface area contributed by atoms with Crippen LogP contribution >= 0.6 is 0 Å². The van der Waals surface area contributed by atoms with Crippen LogP contribution in [0.3, 0.4) is 0 Å². The molecule has 0 aliphatic carbocycles. The Labute approximate surface area is 231 Å². The molecule has 40 heavy (non-hydrogen) atoms. The minimum atomic E-state index is -2.75. The molecule has 0 saturated carbocycles. The van der Waals surface area contributed by atoms with Crippen LogP contribution in [0.1, 0.15) is 43.4 Å². The number of hydrogen-bond acceptors (Lipinski definition) is 8. The van der Waals surface area contributed by atoms with Gasteiger partial charge in [0, 0.05) is 29.2 Å². The van der Waals surface area contributed by atoms with Crippen LogP contribution in [0.2, 0.25) is 0 Å². The fourth-order valence-corrected chi connectivity index (χ4v) is 4.16. The summed E-state index contributed by atoms with van der Waals surface area (Å²) >= 11 is 0. The van der Waals surface area contributed by atoms with Crippen molar-refractivity contribution in [3.8, 4) is 0 Å². The number of esters is 4. The van der Waals surface area contributed by atoms with E-state index in [0.29, 0.717) is 16.7 Å². The van der Waals surface area contributed by atoms with E-state index < -0.39 is 53.9 Å². The maximum absolute atomic E-state index is 13.7. The normalized spacial score (nSPS) is 12.3. The molecule has 3 rings (SSSR count). The number of rotatable bonds is 11. The number of carbonyl (C=O) groups excluding carboxylic acids is 4. The molecule has 0 aliphatic heterocycles. The molecule has 9 nitrogen and oxygen atoms in total. The lowest BCUT2D eigenvalue weighted by Gasteiger charge is -2.36. The van der Waals surface area contributed by atoms with Crippen molar-refractivity contribution in [2.45, 2.75) is 37.9 Å². The predicted molar refractivity (Wildman–Crippen MR) is 143 cm³/mol. The highest BCUT2D eigenvalue weighted by Crippen LogP contribution is 2.41. The van der Waals surface area contributed by atoms with E-state index in [2.05, 4.69) is 11.3 Å². The van der Waals surface area contributed by atoms with E-state index >= 15 is 0 Å². The second kappa shape index (κ2) is 12.7. The molecule has 0 spiro atoms.